The maximum absolute atomic E-state index is 12.7. The lowest BCUT2D eigenvalue weighted by Gasteiger charge is -2.15. The van der Waals surface area contributed by atoms with E-state index < -0.39 is 46.5 Å². The van der Waals surface area contributed by atoms with E-state index >= 15 is 0 Å². The number of nitro groups is 1. The number of alkyl halides is 3. The molecule has 1 aliphatic heterocycles. The van der Waals surface area contributed by atoms with Crippen LogP contribution in [-0.4, -0.2) is 35.9 Å². The number of esters is 1. The summed E-state index contributed by atoms with van der Waals surface area (Å²) in [5.41, 5.74) is -1.94. The first-order chi connectivity index (χ1) is 15.1. The van der Waals surface area contributed by atoms with Gasteiger partial charge in [-0.3, -0.25) is 19.7 Å². The molecule has 0 aliphatic carbocycles. The minimum Gasteiger partial charge on any atom is -0.452 e. The number of nitro benzene ring substituents is 1. The standard InChI is InChI=1S/C20H16F3N3O6/c21-20(22,23)13-5-8-15(16(10-13)26(30)31)24-17(27)11-32-19(29)12-3-6-14(7-4-12)25-9-1-2-18(25)28/h3-8,10H,1-2,9,11H2,(H,24,27). The Morgan fingerprint density at radius 3 is 2.41 bits per heavy atom. The highest BCUT2D eigenvalue weighted by molar-refractivity contribution is 5.98. The van der Waals surface area contributed by atoms with Gasteiger partial charge >= 0.3 is 12.1 Å². The lowest BCUT2D eigenvalue weighted by Crippen LogP contribution is -2.24. The molecule has 0 spiro atoms. The average molecular weight is 451 g/mol. The average Bonchev–Trinajstić information content (AvgIpc) is 3.17. The molecule has 2 amide bonds. The summed E-state index contributed by atoms with van der Waals surface area (Å²) in [6.07, 6.45) is -3.59. The molecule has 3 rings (SSSR count). The Balaban J connectivity index is 1.60. The van der Waals surface area contributed by atoms with E-state index in [1.54, 1.807) is 17.0 Å². The second-order valence-electron chi connectivity index (χ2n) is 6.81. The van der Waals surface area contributed by atoms with Gasteiger partial charge in [-0.05, 0) is 42.8 Å². The fourth-order valence-corrected chi connectivity index (χ4v) is 3.06. The zero-order valence-corrected chi connectivity index (χ0v) is 16.3. The van der Waals surface area contributed by atoms with E-state index in [0.29, 0.717) is 30.8 Å². The van der Waals surface area contributed by atoms with Crippen molar-refractivity contribution < 1.29 is 37.2 Å². The van der Waals surface area contributed by atoms with Crippen LogP contribution in [0.25, 0.3) is 0 Å². The van der Waals surface area contributed by atoms with Crippen LogP contribution in [0.5, 0.6) is 0 Å². The van der Waals surface area contributed by atoms with Crippen molar-refractivity contribution in [3.05, 3.63) is 63.7 Å². The number of hydrogen-bond donors (Lipinski definition) is 1. The van der Waals surface area contributed by atoms with Crippen molar-refractivity contribution in [3.8, 4) is 0 Å². The van der Waals surface area contributed by atoms with Crippen LogP contribution in [0.3, 0.4) is 0 Å². The maximum Gasteiger partial charge on any atom is 0.416 e. The SMILES string of the molecule is O=C(COC(=O)c1ccc(N2CCCC2=O)cc1)Nc1ccc(C(F)(F)F)cc1[N+](=O)[O-]. The molecule has 0 saturated carbocycles. The predicted octanol–water partition coefficient (Wildman–Crippen LogP) is 3.54. The molecule has 2 aromatic rings. The van der Waals surface area contributed by atoms with Gasteiger partial charge in [-0.2, -0.15) is 13.2 Å². The Bertz CT molecular complexity index is 1070. The van der Waals surface area contributed by atoms with Crippen molar-refractivity contribution in [2.75, 3.05) is 23.4 Å². The lowest BCUT2D eigenvalue weighted by molar-refractivity contribution is -0.384. The number of hydrogen-bond acceptors (Lipinski definition) is 6. The summed E-state index contributed by atoms with van der Waals surface area (Å²) < 4.78 is 43.1. The van der Waals surface area contributed by atoms with Gasteiger partial charge in [0.2, 0.25) is 5.91 Å². The number of nitrogens with zero attached hydrogens (tertiary/aromatic N) is 2. The third-order valence-corrected chi connectivity index (χ3v) is 4.62. The van der Waals surface area contributed by atoms with E-state index in [-0.39, 0.29) is 11.5 Å². The van der Waals surface area contributed by atoms with E-state index in [4.69, 9.17) is 4.74 Å². The van der Waals surface area contributed by atoms with Crippen LogP contribution in [0.15, 0.2) is 42.5 Å². The Kier molecular flexibility index (Phi) is 6.42. The maximum atomic E-state index is 12.7. The first kappa shape index (κ1) is 22.7. The van der Waals surface area contributed by atoms with Gasteiger partial charge < -0.3 is 15.0 Å². The zero-order valence-electron chi connectivity index (χ0n) is 16.3. The van der Waals surface area contributed by atoms with Gasteiger partial charge in [0.15, 0.2) is 6.61 Å². The first-order valence-electron chi connectivity index (χ1n) is 9.29. The molecule has 1 N–H and O–H groups in total. The normalized spacial score (nSPS) is 13.7. The van der Waals surface area contributed by atoms with E-state index in [1.807, 2.05) is 0 Å². The van der Waals surface area contributed by atoms with E-state index in [9.17, 15) is 37.7 Å². The number of carbonyl (C=O) groups excluding carboxylic acids is 3. The topological polar surface area (TPSA) is 119 Å². The van der Waals surface area contributed by atoms with Crippen molar-refractivity contribution in [2.45, 2.75) is 19.0 Å². The monoisotopic (exact) mass is 451 g/mol. The summed E-state index contributed by atoms with van der Waals surface area (Å²) in [6, 6.07) is 7.59. The minimum absolute atomic E-state index is 0.0191. The van der Waals surface area contributed by atoms with Gasteiger partial charge in [0.05, 0.1) is 16.1 Å². The Morgan fingerprint density at radius 2 is 1.84 bits per heavy atom. The molecule has 0 radical (unpaired) electrons. The number of amides is 2. The molecule has 0 atom stereocenters. The molecule has 9 nitrogen and oxygen atoms in total. The third-order valence-electron chi connectivity index (χ3n) is 4.62. The van der Waals surface area contributed by atoms with Crippen LogP contribution in [0.2, 0.25) is 0 Å². The van der Waals surface area contributed by atoms with Crippen LogP contribution >= 0.6 is 0 Å². The largest absolute Gasteiger partial charge is 0.452 e. The van der Waals surface area contributed by atoms with Gasteiger partial charge in [-0.1, -0.05) is 0 Å². The summed E-state index contributed by atoms with van der Waals surface area (Å²) in [7, 11) is 0. The van der Waals surface area contributed by atoms with E-state index in [2.05, 4.69) is 5.32 Å². The van der Waals surface area contributed by atoms with E-state index in [1.165, 1.54) is 12.1 Å². The minimum atomic E-state index is -4.79. The van der Waals surface area contributed by atoms with Crippen LogP contribution < -0.4 is 10.2 Å². The highest BCUT2D eigenvalue weighted by atomic mass is 19.4. The van der Waals surface area contributed by atoms with Gasteiger partial charge in [0.25, 0.3) is 11.6 Å². The summed E-state index contributed by atoms with van der Waals surface area (Å²) in [4.78, 5) is 47.4. The molecule has 0 aromatic heterocycles. The molecule has 168 valence electrons. The Labute approximate surface area is 178 Å². The number of benzene rings is 2. The van der Waals surface area contributed by atoms with Gasteiger partial charge in [-0.15, -0.1) is 0 Å². The van der Waals surface area contributed by atoms with Crippen molar-refractivity contribution in [2.24, 2.45) is 0 Å². The van der Waals surface area contributed by atoms with Crippen molar-refractivity contribution in [1.29, 1.82) is 0 Å². The molecule has 1 heterocycles. The summed E-state index contributed by atoms with van der Waals surface area (Å²) in [5.74, 6) is -1.85. The number of halogens is 3. The van der Waals surface area contributed by atoms with Crippen LogP contribution in [0, 0.1) is 10.1 Å². The number of anilines is 2. The highest BCUT2D eigenvalue weighted by Gasteiger charge is 2.33. The summed E-state index contributed by atoms with van der Waals surface area (Å²) in [5, 5.41) is 13.1. The number of rotatable bonds is 6. The predicted molar refractivity (Wildman–Crippen MR) is 105 cm³/mol. The van der Waals surface area contributed by atoms with Crippen LogP contribution in [-0.2, 0) is 20.5 Å². The molecule has 1 fully saturated rings. The van der Waals surface area contributed by atoms with Crippen molar-refractivity contribution >= 4 is 34.8 Å². The molecule has 0 bridgehead atoms. The first-order valence-corrected chi connectivity index (χ1v) is 9.29. The Morgan fingerprint density at radius 1 is 1.16 bits per heavy atom. The quantitative estimate of drug-likeness (QED) is 0.408. The van der Waals surface area contributed by atoms with Gasteiger partial charge in [0.1, 0.15) is 5.69 Å². The number of carbonyl (C=O) groups is 3. The molecule has 0 unspecified atom stereocenters. The Hall–Kier alpha value is -3.96. The van der Waals surface area contributed by atoms with Crippen molar-refractivity contribution in [1.82, 2.24) is 0 Å². The molecule has 2 aromatic carbocycles. The molecule has 1 aliphatic rings. The zero-order chi connectivity index (χ0) is 23.5. The third kappa shape index (κ3) is 5.20. The number of ether oxygens (including phenoxy) is 1. The molecule has 32 heavy (non-hydrogen) atoms. The fourth-order valence-electron chi connectivity index (χ4n) is 3.06. The van der Waals surface area contributed by atoms with Crippen LogP contribution in [0.1, 0.15) is 28.8 Å². The molecular weight excluding hydrogens is 435 g/mol. The summed E-state index contributed by atoms with van der Waals surface area (Å²) >= 11 is 0. The van der Waals surface area contributed by atoms with E-state index in [0.717, 1.165) is 12.5 Å². The summed E-state index contributed by atoms with van der Waals surface area (Å²) in [6.45, 7) is -0.234. The van der Waals surface area contributed by atoms with Gasteiger partial charge in [0, 0.05) is 24.7 Å². The van der Waals surface area contributed by atoms with Gasteiger partial charge in [-0.25, -0.2) is 4.79 Å². The lowest BCUT2D eigenvalue weighted by atomic mass is 10.1. The fraction of sp³-hybridized carbons (Fsp3) is 0.250. The molecule has 1 saturated heterocycles. The van der Waals surface area contributed by atoms with Crippen LogP contribution in [0.4, 0.5) is 30.2 Å². The second kappa shape index (κ2) is 9.04. The number of nitrogens with one attached hydrogen (secondary N) is 1. The smallest absolute Gasteiger partial charge is 0.416 e. The highest BCUT2D eigenvalue weighted by Crippen LogP contribution is 2.35. The molecule has 12 heteroatoms. The van der Waals surface area contributed by atoms with Crippen molar-refractivity contribution in [3.63, 3.8) is 0 Å². The second-order valence-corrected chi connectivity index (χ2v) is 6.81. The molecular formula is C20H16F3N3O6.